The zero-order valence-electron chi connectivity index (χ0n) is 58.0. The highest BCUT2D eigenvalue weighted by atomic mass is 32.2. The first kappa shape index (κ1) is 81.3. The van der Waals surface area contributed by atoms with Crippen LogP contribution in [0.3, 0.4) is 0 Å². The smallest absolute Gasteiger partial charge is 0.319 e. The summed E-state index contributed by atoms with van der Waals surface area (Å²) in [5.74, 6) is -7.43. The maximum atomic E-state index is 15.0. The number of rotatable bonds is 38. The molecule has 0 radical (unpaired) electrons. The highest BCUT2D eigenvalue weighted by Gasteiger charge is 2.40. The number of hydrogen-bond acceptors (Lipinski definition) is 19. The lowest BCUT2D eigenvalue weighted by Crippen LogP contribution is -2.56. The molecule has 0 saturated carbocycles. The number of likely N-dealkylation sites (tertiary alicyclic amines) is 1. The van der Waals surface area contributed by atoms with Gasteiger partial charge in [-0.25, -0.2) is 45.8 Å². The summed E-state index contributed by atoms with van der Waals surface area (Å²) in [6, 6.07) is 18.6. The summed E-state index contributed by atoms with van der Waals surface area (Å²) in [5, 5.41) is 43.1. The standard InChI is InChI=1S/C69H84F2N14O18S2/c1-6-23-73-67(94)78-48-11-8-13-50(36-48)105(98,99)83-49-12-7-10-44(34-49)54(38-61(87)88)80-69(96)77-47-18-16-46(17-19-47)76-68(95)74-25-28-102-30-32-103-31-29-101-27-22-60(86)79-55(39-62(89)90)66(93)85-26-9-14-56(85)64(91)82-63(42(2)3)65(92)84-104(5,97)41-43-21-24-72-58(33-43)81-59-37-52(53(71)40-75-59)51-20-15-45(70)35-57(51)100-4/h7-8,10-13,15-21,24,33-37,40,42,54-56,63,83H,6,9,14,22-23,25-32,38-39,41H2,1-5H3,(H,79,86)(H,82,91)(H,87,88)(H,89,90)(H,72,75,81)(H2,73,78,94)(H2,74,76,95)(H2,77,80,96)/t54-,55+,56+,63+,104?/m1/s1. The summed E-state index contributed by atoms with van der Waals surface area (Å²) in [6.07, 6.45) is 3.22. The van der Waals surface area contributed by atoms with Crippen molar-refractivity contribution < 1.29 is 93.7 Å². The zero-order chi connectivity index (χ0) is 76.2. The molecule has 3 heterocycles. The van der Waals surface area contributed by atoms with Gasteiger partial charge in [0.05, 0.1) is 92.2 Å². The molecule has 5 atom stereocenters. The number of carbonyl (C=O) groups excluding carboxylic acids is 7. The number of benzene rings is 4. The Labute approximate surface area is 604 Å². The maximum Gasteiger partial charge on any atom is 0.319 e. The van der Waals surface area contributed by atoms with Crippen LogP contribution in [0, 0.1) is 17.6 Å². The van der Waals surface area contributed by atoms with Gasteiger partial charge in [0.15, 0.2) is 0 Å². The Kier molecular flexibility index (Phi) is 30.7. The second-order valence-corrected chi connectivity index (χ2v) is 28.2. The summed E-state index contributed by atoms with van der Waals surface area (Å²) in [6.45, 7) is 6.21. The highest BCUT2D eigenvalue weighted by molar-refractivity contribution is 7.93. The van der Waals surface area contributed by atoms with Crippen LogP contribution >= 0.6 is 0 Å². The molecule has 1 aliphatic rings. The van der Waals surface area contributed by atoms with E-state index in [-0.39, 0.29) is 127 Å². The summed E-state index contributed by atoms with van der Waals surface area (Å²) in [5.41, 5.74) is 2.01. The maximum absolute atomic E-state index is 15.0. The van der Waals surface area contributed by atoms with Crippen LogP contribution in [-0.2, 0) is 68.5 Å². The largest absolute Gasteiger partial charge is 0.496 e. The number of sulfonamides is 1. The van der Waals surface area contributed by atoms with Crippen LogP contribution in [0.25, 0.3) is 11.1 Å². The molecule has 7 rings (SSSR count). The Hall–Kier alpha value is -11.0. The third-order valence-electron chi connectivity index (χ3n) is 15.5. The van der Waals surface area contributed by atoms with Crippen molar-refractivity contribution >= 4 is 108 Å². The van der Waals surface area contributed by atoms with E-state index in [0.717, 1.165) is 23.2 Å². The first-order valence-corrected chi connectivity index (χ1v) is 36.7. The molecule has 2 aromatic heterocycles. The first-order valence-electron chi connectivity index (χ1n) is 33.1. The van der Waals surface area contributed by atoms with Crippen LogP contribution in [0.5, 0.6) is 5.75 Å². The predicted octanol–water partition coefficient (Wildman–Crippen LogP) is 7.32. The molecule has 12 N–H and O–H groups in total. The van der Waals surface area contributed by atoms with Gasteiger partial charge in [-0.15, -0.1) is 0 Å². The molecule has 1 unspecified atom stereocenters. The van der Waals surface area contributed by atoms with Crippen LogP contribution in [-0.4, -0.2) is 182 Å². The molecule has 6 aromatic rings. The quantitative estimate of drug-likeness (QED) is 0.0169. The van der Waals surface area contributed by atoms with E-state index < -0.39 is 128 Å². The summed E-state index contributed by atoms with van der Waals surface area (Å²) in [7, 11) is -6.19. The molecule has 0 spiro atoms. The molecule has 36 heteroatoms. The van der Waals surface area contributed by atoms with Crippen molar-refractivity contribution in [2.24, 2.45) is 10.3 Å². The third kappa shape index (κ3) is 26.4. The topological polar surface area (TPSA) is 444 Å². The van der Waals surface area contributed by atoms with Crippen molar-refractivity contribution in [2.75, 3.05) is 98.6 Å². The van der Waals surface area contributed by atoms with E-state index in [1.807, 2.05) is 6.92 Å². The van der Waals surface area contributed by atoms with Crippen molar-refractivity contribution in [2.45, 2.75) is 94.1 Å². The van der Waals surface area contributed by atoms with Crippen molar-refractivity contribution in [3.63, 3.8) is 0 Å². The Bertz CT molecular complexity index is 4320. The van der Waals surface area contributed by atoms with Gasteiger partial charge in [0.1, 0.15) is 47.1 Å². The number of anilines is 6. The fraction of sp³-hybridized carbons (Fsp3) is 0.377. The molecule has 1 aliphatic heterocycles. The summed E-state index contributed by atoms with van der Waals surface area (Å²) in [4.78, 5) is 126. The Balaban J connectivity index is 0.766. The number of urea groups is 3. The van der Waals surface area contributed by atoms with Gasteiger partial charge >= 0.3 is 30.0 Å². The molecule has 32 nitrogen and oxygen atoms in total. The Morgan fingerprint density at radius 2 is 1.31 bits per heavy atom. The van der Waals surface area contributed by atoms with Crippen LogP contribution in [0.1, 0.15) is 76.5 Å². The fourth-order valence-electron chi connectivity index (χ4n) is 10.6. The van der Waals surface area contributed by atoms with Gasteiger partial charge in [0.2, 0.25) is 17.7 Å². The van der Waals surface area contributed by atoms with E-state index in [9.17, 15) is 74.8 Å². The Morgan fingerprint density at radius 3 is 1.99 bits per heavy atom. The predicted molar refractivity (Wildman–Crippen MR) is 383 cm³/mol. The average Bonchev–Trinajstić information content (AvgIpc) is 1.15. The molecule has 4 aromatic carbocycles. The Morgan fingerprint density at radius 1 is 0.676 bits per heavy atom. The minimum absolute atomic E-state index is 0.0406. The van der Waals surface area contributed by atoms with Crippen molar-refractivity contribution in [1.29, 1.82) is 0 Å². The van der Waals surface area contributed by atoms with Gasteiger partial charge in [-0.05, 0) is 121 Å². The zero-order valence-corrected chi connectivity index (χ0v) is 59.7. The van der Waals surface area contributed by atoms with Gasteiger partial charge in [0.25, 0.3) is 15.9 Å². The molecule has 0 aliphatic carbocycles. The van der Waals surface area contributed by atoms with Crippen LogP contribution in [0.15, 0.2) is 131 Å². The number of amides is 10. The summed E-state index contributed by atoms with van der Waals surface area (Å²) >= 11 is 0. The van der Waals surface area contributed by atoms with E-state index in [1.165, 1.54) is 111 Å². The van der Waals surface area contributed by atoms with Gasteiger partial charge in [-0.1, -0.05) is 39.0 Å². The van der Waals surface area contributed by atoms with Crippen molar-refractivity contribution in [3.8, 4) is 16.9 Å². The SMILES string of the molecule is CCCNC(=O)Nc1cccc(S(=O)(=O)Nc2cccc([C@@H](CC(=O)O)NC(=O)Nc3ccc(NC(=O)NCCOCCOCCOCCC(=O)N[C@@H](CC(=O)O)C(=O)N4CCC[C@H]4C(=O)N[C@H](C(=O)N=S(C)(=O)Cc4ccnc(Nc5cc(-c6ccc(F)cc6OC)c(F)cn5)c4)C(C)C)cc3)c2)c1. The van der Waals surface area contributed by atoms with E-state index >= 15 is 0 Å². The van der Waals surface area contributed by atoms with E-state index in [1.54, 1.807) is 19.9 Å². The average molecular weight is 1500 g/mol. The molecular formula is C69H84F2N14O18S2. The fourth-order valence-corrected chi connectivity index (χ4v) is 13.0. The molecule has 564 valence electrons. The second kappa shape index (κ2) is 39.6. The first-order chi connectivity index (χ1) is 50.1. The molecule has 10 amide bonds. The molecule has 105 heavy (non-hydrogen) atoms. The van der Waals surface area contributed by atoms with Crippen LogP contribution < -0.4 is 57.3 Å². The van der Waals surface area contributed by atoms with Crippen molar-refractivity contribution in [1.82, 2.24) is 41.5 Å². The van der Waals surface area contributed by atoms with Gasteiger partial charge in [-0.3, -0.25) is 33.5 Å². The molecule has 1 fully saturated rings. The number of nitrogens with zero attached hydrogens (tertiary/aromatic N) is 4. The number of nitrogens with one attached hydrogen (secondary N) is 10. The number of hydrogen-bond donors (Lipinski definition) is 12. The van der Waals surface area contributed by atoms with Crippen LogP contribution in [0.4, 0.5) is 57.5 Å². The van der Waals surface area contributed by atoms with Gasteiger partial charge in [0, 0.05) is 78.5 Å². The molecule has 1 saturated heterocycles. The number of ether oxygens (including phenoxy) is 4. The normalized spacial score (nSPS) is 14.1. The molecule has 0 bridgehead atoms. The van der Waals surface area contributed by atoms with Gasteiger partial charge < -0.3 is 81.9 Å². The number of halogens is 2. The van der Waals surface area contributed by atoms with Gasteiger partial charge in [-0.2, -0.15) is 4.36 Å². The number of carboxylic acids is 2. The summed E-state index contributed by atoms with van der Waals surface area (Å²) < 4.78 is 97.7. The highest BCUT2D eigenvalue weighted by Crippen LogP contribution is 2.34. The number of pyridine rings is 2. The lowest BCUT2D eigenvalue weighted by molar-refractivity contribution is -0.146. The number of methoxy groups -OCH3 is 1. The monoisotopic (exact) mass is 1500 g/mol. The number of aliphatic carboxylic acids is 2. The minimum Gasteiger partial charge on any atom is -0.496 e. The van der Waals surface area contributed by atoms with E-state index in [0.29, 0.717) is 30.6 Å². The second-order valence-electron chi connectivity index (χ2n) is 24.2. The van der Waals surface area contributed by atoms with E-state index in [2.05, 4.69) is 66.9 Å². The van der Waals surface area contributed by atoms with Crippen molar-refractivity contribution in [3.05, 3.63) is 144 Å². The number of carbonyl (C=O) groups is 9. The lowest BCUT2D eigenvalue weighted by atomic mass is 10.0. The number of carboxylic acid groups (broad SMARTS) is 2. The number of aromatic nitrogens is 2. The third-order valence-corrected chi connectivity index (χ3v) is 18.3. The minimum atomic E-state index is -4.19. The lowest BCUT2D eigenvalue weighted by Gasteiger charge is -2.29. The molecular weight excluding hydrogens is 1410 g/mol. The van der Waals surface area contributed by atoms with Crippen LogP contribution in [0.2, 0.25) is 0 Å². The van der Waals surface area contributed by atoms with E-state index in [4.69, 9.17) is 18.9 Å².